The second-order valence-electron chi connectivity index (χ2n) is 6.22. The Morgan fingerprint density at radius 2 is 1.24 bits per heavy atom. The van der Waals surface area contributed by atoms with Gasteiger partial charge in [-0.1, -0.05) is 60.7 Å². The van der Waals surface area contributed by atoms with Crippen molar-refractivity contribution in [3.63, 3.8) is 0 Å². The smallest absolute Gasteiger partial charge is 0.420 e. The van der Waals surface area contributed by atoms with Crippen molar-refractivity contribution in [3.8, 4) is 0 Å². The first-order valence-electron chi connectivity index (χ1n) is 8.10. The Balaban J connectivity index is 2.28. The van der Waals surface area contributed by atoms with Crippen molar-refractivity contribution in [1.29, 1.82) is 0 Å². The van der Waals surface area contributed by atoms with Gasteiger partial charge in [-0.25, -0.2) is 4.79 Å². The summed E-state index contributed by atoms with van der Waals surface area (Å²) in [6, 6.07) is 15.3. The molecule has 0 aliphatic carbocycles. The van der Waals surface area contributed by atoms with Crippen LogP contribution in [0.4, 0.5) is 31.1 Å². The molecule has 29 heavy (non-hydrogen) atoms. The predicted molar refractivity (Wildman–Crippen MR) is 94.8 cm³/mol. The standard InChI is InChI=1S/C18H16F6NO3P/c1-16(17(19,20)21,18(22,23)24)25-15(26)28-12-29(27,13-8-4-2-5-9-13)14-10-6-3-7-11-14/h2-11H,12H2,1H3,(H,25,26). The highest BCUT2D eigenvalue weighted by Crippen LogP contribution is 2.44. The number of nitrogens with one attached hydrogen (secondary N) is 1. The van der Waals surface area contributed by atoms with Crippen molar-refractivity contribution >= 4 is 23.8 Å². The van der Waals surface area contributed by atoms with E-state index in [1.807, 2.05) is 0 Å². The van der Waals surface area contributed by atoms with E-state index in [1.165, 1.54) is 24.3 Å². The van der Waals surface area contributed by atoms with Crippen LogP contribution in [-0.2, 0) is 9.30 Å². The van der Waals surface area contributed by atoms with Gasteiger partial charge in [0.2, 0.25) is 5.54 Å². The molecule has 0 aliphatic rings. The van der Waals surface area contributed by atoms with Gasteiger partial charge in [-0.05, 0) is 6.92 Å². The Hall–Kier alpha value is -2.48. The molecule has 0 bridgehead atoms. The van der Waals surface area contributed by atoms with Gasteiger partial charge in [0.05, 0.1) is 0 Å². The van der Waals surface area contributed by atoms with Crippen LogP contribution in [0.2, 0.25) is 0 Å². The summed E-state index contributed by atoms with van der Waals surface area (Å²) in [5.74, 6) is 0. The highest BCUT2D eigenvalue weighted by atomic mass is 31.2. The molecular weight excluding hydrogens is 423 g/mol. The lowest BCUT2D eigenvalue weighted by molar-refractivity contribution is -0.298. The molecule has 0 atom stereocenters. The summed E-state index contributed by atoms with van der Waals surface area (Å²) in [6.07, 6.45) is -14.6. The highest BCUT2D eigenvalue weighted by molar-refractivity contribution is 7.78. The Morgan fingerprint density at radius 1 is 0.862 bits per heavy atom. The van der Waals surface area contributed by atoms with E-state index in [4.69, 9.17) is 0 Å². The molecule has 158 valence electrons. The van der Waals surface area contributed by atoms with Crippen molar-refractivity contribution in [2.24, 2.45) is 0 Å². The molecule has 11 heteroatoms. The quantitative estimate of drug-likeness (QED) is 0.549. The number of hydrogen-bond acceptors (Lipinski definition) is 3. The topological polar surface area (TPSA) is 55.4 Å². The third-order valence-corrected chi connectivity index (χ3v) is 6.97. The minimum Gasteiger partial charge on any atom is -0.441 e. The normalized spacial score (nSPS) is 13.1. The Bertz CT molecular complexity index is 826. The van der Waals surface area contributed by atoms with Crippen LogP contribution in [0.25, 0.3) is 0 Å². The molecule has 0 aromatic heterocycles. The Kier molecular flexibility index (Phi) is 6.37. The number of hydrogen-bond donors (Lipinski definition) is 1. The third-order valence-electron chi connectivity index (χ3n) is 4.21. The van der Waals surface area contributed by atoms with E-state index in [1.54, 1.807) is 36.4 Å². The molecule has 0 heterocycles. The Labute approximate surface area is 162 Å². The fourth-order valence-corrected chi connectivity index (χ4v) is 4.53. The van der Waals surface area contributed by atoms with Crippen molar-refractivity contribution in [2.45, 2.75) is 24.8 Å². The maximum atomic E-state index is 13.5. The van der Waals surface area contributed by atoms with Gasteiger partial charge < -0.3 is 9.30 Å². The predicted octanol–water partition coefficient (Wildman–Crippen LogP) is 4.57. The molecule has 4 nitrogen and oxygen atoms in total. The number of alkyl carbamates (subject to hydrolysis) is 1. The second kappa shape index (κ2) is 8.10. The number of alkyl halides is 6. The number of halogens is 6. The lowest BCUT2D eigenvalue weighted by atomic mass is 10.0. The van der Waals surface area contributed by atoms with E-state index in [9.17, 15) is 35.7 Å². The minimum atomic E-state index is -5.83. The van der Waals surface area contributed by atoms with Crippen molar-refractivity contribution < 1.29 is 40.4 Å². The first-order valence-corrected chi connectivity index (χ1v) is 9.99. The molecule has 0 unspecified atom stereocenters. The maximum absolute atomic E-state index is 13.5. The summed E-state index contributed by atoms with van der Waals surface area (Å²) in [6.45, 7) is -0.220. The number of amides is 1. The van der Waals surface area contributed by atoms with E-state index in [0.29, 0.717) is 0 Å². The largest absolute Gasteiger partial charge is 0.441 e. The first kappa shape index (κ1) is 22.8. The zero-order valence-electron chi connectivity index (χ0n) is 14.9. The fraction of sp³-hybridized carbons (Fsp3) is 0.278. The van der Waals surface area contributed by atoms with Gasteiger partial charge >= 0.3 is 18.4 Å². The van der Waals surface area contributed by atoms with Gasteiger partial charge in [-0.3, -0.25) is 5.32 Å². The first-order chi connectivity index (χ1) is 13.3. The molecular formula is C18H16F6NO3P. The van der Waals surface area contributed by atoms with E-state index in [0.717, 1.165) is 5.32 Å². The fourth-order valence-electron chi connectivity index (χ4n) is 2.33. The van der Waals surface area contributed by atoms with Gasteiger partial charge in [0, 0.05) is 10.6 Å². The molecule has 0 aliphatic heterocycles. The van der Waals surface area contributed by atoms with Crippen molar-refractivity contribution in [1.82, 2.24) is 5.32 Å². The van der Waals surface area contributed by atoms with Crippen molar-refractivity contribution in [3.05, 3.63) is 60.7 Å². The van der Waals surface area contributed by atoms with Crippen LogP contribution < -0.4 is 15.9 Å². The van der Waals surface area contributed by atoms with E-state index in [2.05, 4.69) is 4.74 Å². The molecule has 1 amide bonds. The zero-order valence-corrected chi connectivity index (χ0v) is 15.8. The van der Waals surface area contributed by atoms with Crippen LogP contribution in [0, 0.1) is 0 Å². The average molecular weight is 439 g/mol. The number of rotatable bonds is 5. The van der Waals surface area contributed by atoms with E-state index < -0.39 is 37.5 Å². The van der Waals surface area contributed by atoms with Crippen molar-refractivity contribution in [2.75, 3.05) is 6.35 Å². The number of ether oxygens (including phenoxy) is 1. The van der Waals surface area contributed by atoms with Gasteiger partial charge in [-0.2, -0.15) is 26.3 Å². The average Bonchev–Trinajstić information content (AvgIpc) is 2.65. The number of carbonyl (C=O) groups excluding carboxylic acids is 1. The molecule has 2 aromatic rings. The van der Waals surface area contributed by atoms with Gasteiger partial charge in [-0.15, -0.1) is 0 Å². The molecule has 0 spiro atoms. The summed E-state index contributed by atoms with van der Waals surface area (Å²) in [7, 11) is -3.67. The molecule has 2 rings (SSSR count). The highest BCUT2D eigenvalue weighted by Gasteiger charge is 2.69. The van der Waals surface area contributed by atoms with Crippen LogP contribution in [-0.4, -0.2) is 30.3 Å². The van der Waals surface area contributed by atoms with Crippen LogP contribution in [0.15, 0.2) is 60.7 Å². The minimum absolute atomic E-state index is 0.220. The monoisotopic (exact) mass is 439 g/mol. The molecule has 1 N–H and O–H groups in total. The zero-order chi connectivity index (χ0) is 21.9. The summed E-state index contributed by atoms with van der Waals surface area (Å²) >= 11 is 0. The van der Waals surface area contributed by atoms with Crippen LogP contribution in [0.3, 0.4) is 0 Å². The van der Waals surface area contributed by atoms with E-state index >= 15 is 0 Å². The van der Waals surface area contributed by atoms with Crippen LogP contribution in [0.5, 0.6) is 0 Å². The summed E-state index contributed by atoms with van der Waals surface area (Å²) in [5.41, 5.74) is -4.53. The van der Waals surface area contributed by atoms with Gasteiger partial charge in [0.15, 0.2) is 13.5 Å². The summed E-state index contributed by atoms with van der Waals surface area (Å²) < 4.78 is 95.6. The molecule has 0 radical (unpaired) electrons. The second-order valence-corrected chi connectivity index (χ2v) is 8.99. The molecule has 2 aromatic carbocycles. The van der Waals surface area contributed by atoms with Crippen LogP contribution in [0.1, 0.15) is 6.92 Å². The number of carbonyl (C=O) groups is 1. The SMILES string of the molecule is CC(NC(=O)OCP(=O)(c1ccccc1)c1ccccc1)(C(F)(F)F)C(F)(F)F. The van der Waals surface area contributed by atoms with Gasteiger partial charge in [0.1, 0.15) is 0 Å². The summed E-state index contributed by atoms with van der Waals surface area (Å²) in [4.78, 5) is 11.8. The van der Waals surface area contributed by atoms with Crippen LogP contribution >= 0.6 is 7.14 Å². The molecule has 0 saturated heterocycles. The lowest BCUT2D eigenvalue weighted by Crippen LogP contribution is -2.65. The Morgan fingerprint density at radius 3 is 1.59 bits per heavy atom. The maximum Gasteiger partial charge on any atom is 0.420 e. The van der Waals surface area contributed by atoms with Gasteiger partial charge in [0.25, 0.3) is 0 Å². The third kappa shape index (κ3) is 4.75. The van der Waals surface area contributed by atoms with E-state index in [-0.39, 0.29) is 17.5 Å². The molecule has 0 fully saturated rings. The summed E-state index contributed by atoms with van der Waals surface area (Å²) in [5, 5.41) is 1.28. The lowest BCUT2D eigenvalue weighted by Gasteiger charge is -2.34. The molecule has 0 saturated carbocycles. The number of benzene rings is 2.